The van der Waals surface area contributed by atoms with E-state index in [9.17, 15) is 13.2 Å². The van der Waals surface area contributed by atoms with Gasteiger partial charge in [0.2, 0.25) is 0 Å². The third-order valence-electron chi connectivity index (χ3n) is 4.08. The third kappa shape index (κ3) is 5.63. The minimum absolute atomic E-state index is 0.00710. The summed E-state index contributed by atoms with van der Waals surface area (Å²) in [6.07, 6.45) is -2.70. The lowest BCUT2D eigenvalue weighted by Gasteiger charge is -2.11. The Labute approximate surface area is 171 Å². The molecule has 0 radical (unpaired) electrons. The Kier molecular flexibility index (Phi) is 6.64. The summed E-state index contributed by atoms with van der Waals surface area (Å²) < 4.78 is 45.9. The van der Waals surface area contributed by atoms with Gasteiger partial charge in [0, 0.05) is 12.3 Å². The molecule has 2 aromatic carbocycles. The molecule has 0 N–H and O–H groups in total. The number of benzene rings is 2. The molecule has 0 aliphatic carbocycles. The smallest absolute Gasteiger partial charge is 0.416 e. The maximum Gasteiger partial charge on any atom is 0.416 e. The number of rotatable bonds is 8. The van der Waals surface area contributed by atoms with Gasteiger partial charge in [-0.1, -0.05) is 53.7 Å². The molecular weight excluding hydrogens is 399 g/mol. The van der Waals surface area contributed by atoms with Crippen molar-refractivity contribution in [2.45, 2.75) is 37.2 Å². The molecule has 3 aromatic rings. The number of nitrogens with zero attached hydrogens (tertiary/aromatic N) is 3. The van der Waals surface area contributed by atoms with E-state index in [-0.39, 0.29) is 12.4 Å². The predicted octanol–water partition coefficient (Wildman–Crippen LogP) is 5.66. The van der Waals surface area contributed by atoms with E-state index in [1.165, 1.54) is 35.0 Å². The minimum atomic E-state index is -4.41. The van der Waals surface area contributed by atoms with E-state index in [1.807, 2.05) is 29.7 Å². The highest BCUT2D eigenvalue weighted by atomic mass is 32.2. The summed E-state index contributed by atoms with van der Waals surface area (Å²) in [6, 6.07) is 13.0. The van der Waals surface area contributed by atoms with E-state index in [2.05, 4.69) is 22.8 Å². The molecule has 0 bridgehead atoms. The minimum Gasteiger partial charge on any atom is -0.486 e. The summed E-state index contributed by atoms with van der Waals surface area (Å²) in [7, 11) is 0. The Balaban J connectivity index is 1.70. The van der Waals surface area contributed by atoms with Crippen molar-refractivity contribution in [3.63, 3.8) is 0 Å². The number of aromatic nitrogens is 3. The quantitative estimate of drug-likeness (QED) is 0.349. The van der Waals surface area contributed by atoms with Crippen LogP contribution in [0.2, 0.25) is 0 Å². The Morgan fingerprint density at radius 1 is 1.14 bits per heavy atom. The molecule has 0 aliphatic heterocycles. The van der Waals surface area contributed by atoms with E-state index in [4.69, 9.17) is 4.74 Å². The lowest BCUT2D eigenvalue weighted by Crippen LogP contribution is -2.08. The number of alkyl halides is 3. The molecule has 3 rings (SSSR count). The van der Waals surface area contributed by atoms with Gasteiger partial charge in [-0.15, -0.1) is 16.8 Å². The highest BCUT2D eigenvalue weighted by Gasteiger charge is 2.30. The van der Waals surface area contributed by atoms with Gasteiger partial charge in [-0.2, -0.15) is 13.2 Å². The highest BCUT2D eigenvalue weighted by Crippen LogP contribution is 2.31. The molecule has 1 aromatic heterocycles. The van der Waals surface area contributed by atoms with E-state index in [0.717, 1.165) is 17.9 Å². The lowest BCUT2D eigenvalue weighted by atomic mass is 10.2. The topological polar surface area (TPSA) is 39.9 Å². The van der Waals surface area contributed by atoms with Crippen LogP contribution in [0.1, 0.15) is 22.5 Å². The molecule has 0 fully saturated rings. The molecule has 0 atom stereocenters. The number of hydrogen-bond donors (Lipinski definition) is 0. The molecule has 0 saturated carbocycles. The maximum atomic E-state index is 12.9. The van der Waals surface area contributed by atoms with Crippen LogP contribution in [0.15, 0.2) is 66.3 Å². The van der Waals surface area contributed by atoms with Gasteiger partial charge in [0.1, 0.15) is 12.4 Å². The lowest BCUT2D eigenvalue weighted by molar-refractivity contribution is -0.137. The molecule has 4 nitrogen and oxygen atoms in total. The number of ether oxygens (including phenoxy) is 1. The van der Waals surface area contributed by atoms with Gasteiger partial charge < -0.3 is 4.74 Å². The Bertz CT molecular complexity index is 985. The van der Waals surface area contributed by atoms with Crippen LogP contribution in [-0.4, -0.2) is 14.8 Å². The van der Waals surface area contributed by atoms with Gasteiger partial charge >= 0.3 is 6.18 Å². The van der Waals surface area contributed by atoms with Crippen LogP contribution in [0.5, 0.6) is 5.75 Å². The number of allylic oxidation sites excluding steroid dienone is 1. The number of hydrogen-bond acceptors (Lipinski definition) is 4. The van der Waals surface area contributed by atoms with E-state index >= 15 is 0 Å². The molecule has 0 saturated heterocycles. The van der Waals surface area contributed by atoms with Gasteiger partial charge in [0.25, 0.3) is 0 Å². The summed E-state index contributed by atoms with van der Waals surface area (Å²) in [5.74, 6) is 1.38. The van der Waals surface area contributed by atoms with E-state index < -0.39 is 11.7 Å². The summed E-state index contributed by atoms with van der Waals surface area (Å²) in [5, 5.41) is 9.06. The Morgan fingerprint density at radius 3 is 2.66 bits per heavy atom. The number of aryl methyl sites for hydroxylation is 1. The summed E-state index contributed by atoms with van der Waals surface area (Å²) in [6.45, 7) is 6.28. The first kappa shape index (κ1) is 21.0. The summed E-state index contributed by atoms with van der Waals surface area (Å²) in [5.41, 5.74) is 1.60. The zero-order valence-electron chi connectivity index (χ0n) is 15.8. The standard InChI is InChI=1S/C21H20F3N3OS/c1-3-10-27-19(13-28-18-9-5-8-17(12-18)21(22,23)24)25-26-20(27)29-14-16-7-4-6-15(2)11-16/h3-9,11-12H,1,10,13-14H2,2H3. The second kappa shape index (κ2) is 9.17. The fraction of sp³-hybridized carbons (Fsp3) is 0.238. The second-order valence-electron chi connectivity index (χ2n) is 6.39. The number of halogens is 3. The van der Waals surface area contributed by atoms with Gasteiger partial charge in [-0.25, -0.2) is 0 Å². The van der Waals surface area contributed by atoms with Crippen LogP contribution >= 0.6 is 11.8 Å². The van der Waals surface area contributed by atoms with Crippen molar-refractivity contribution in [2.75, 3.05) is 0 Å². The fourth-order valence-corrected chi connectivity index (χ4v) is 3.61. The van der Waals surface area contributed by atoms with Crippen molar-refractivity contribution in [1.29, 1.82) is 0 Å². The molecule has 152 valence electrons. The van der Waals surface area contributed by atoms with Crippen LogP contribution < -0.4 is 4.74 Å². The van der Waals surface area contributed by atoms with E-state index in [1.54, 1.807) is 6.08 Å². The highest BCUT2D eigenvalue weighted by molar-refractivity contribution is 7.98. The third-order valence-corrected chi connectivity index (χ3v) is 5.12. The first-order valence-corrected chi connectivity index (χ1v) is 9.87. The first-order valence-electron chi connectivity index (χ1n) is 8.88. The zero-order chi connectivity index (χ0) is 20.9. The van der Waals surface area contributed by atoms with Crippen LogP contribution in [0.25, 0.3) is 0 Å². The molecule has 0 amide bonds. The van der Waals surface area contributed by atoms with Crippen molar-refractivity contribution in [1.82, 2.24) is 14.8 Å². The Hall–Kier alpha value is -2.74. The Morgan fingerprint density at radius 2 is 1.93 bits per heavy atom. The predicted molar refractivity (Wildman–Crippen MR) is 107 cm³/mol. The molecule has 0 aliphatic rings. The van der Waals surface area contributed by atoms with Gasteiger partial charge in [0.05, 0.1) is 5.56 Å². The molecule has 8 heteroatoms. The van der Waals surface area contributed by atoms with Gasteiger partial charge in [-0.05, 0) is 30.7 Å². The van der Waals surface area contributed by atoms with E-state index in [0.29, 0.717) is 17.5 Å². The fourth-order valence-electron chi connectivity index (χ4n) is 2.70. The molecule has 29 heavy (non-hydrogen) atoms. The average molecular weight is 419 g/mol. The van der Waals surface area contributed by atoms with Crippen LogP contribution in [0, 0.1) is 6.92 Å². The zero-order valence-corrected chi connectivity index (χ0v) is 16.6. The average Bonchev–Trinajstić information content (AvgIpc) is 3.06. The molecular formula is C21H20F3N3OS. The summed E-state index contributed by atoms with van der Waals surface area (Å²) >= 11 is 1.53. The van der Waals surface area contributed by atoms with Crippen molar-refractivity contribution in [3.05, 3.63) is 83.7 Å². The second-order valence-corrected chi connectivity index (χ2v) is 7.33. The van der Waals surface area contributed by atoms with Gasteiger partial charge in [-0.3, -0.25) is 4.57 Å². The monoisotopic (exact) mass is 419 g/mol. The van der Waals surface area contributed by atoms with Crippen molar-refractivity contribution < 1.29 is 17.9 Å². The molecule has 0 spiro atoms. The summed E-state index contributed by atoms with van der Waals surface area (Å²) in [4.78, 5) is 0. The normalized spacial score (nSPS) is 11.4. The van der Waals surface area contributed by atoms with Crippen LogP contribution in [-0.2, 0) is 25.1 Å². The van der Waals surface area contributed by atoms with Gasteiger partial charge in [0.15, 0.2) is 11.0 Å². The molecule has 0 unspecified atom stereocenters. The van der Waals surface area contributed by atoms with Crippen molar-refractivity contribution in [2.24, 2.45) is 0 Å². The van der Waals surface area contributed by atoms with Crippen molar-refractivity contribution >= 4 is 11.8 Å². The first-order chi connectivity index (χ1) is 13.9. The van der Waals surface area contributed by atoms with Crippen LogP contribution in [0.4, 0.5) is 13.2 Å². The SMILES string of the molecule is C=CCn1c(COc2cccc(C(F)(F)F)c2)nnc1SCc1cccc(C)c1. The van der Waals surface area contributed by atoms with Crippen LogP contribution in [0.3, 0.4) is 0 Å². The van der Waals surface area contributed by atoms with Crippen molar-refractivity contribution in [3.8, 4) is 5.75 Å². The largest absolute Gasteiger partial charge is 0.486 e. The molecule has 1 heterocycles. The maximum absolute atomic E-state index is 12.9. The number of thioether (sulfide) groups is 1.